The SMILES string of the molecule is CCOC1CCN(c2ncc(C(=O)O)cn2)CC1C. The van der Waals surface area contributed by atoms with Gasteiger partial charge in [0.2, 0.25) is 5.95 Å². The maximum Gasteiger partial charge on any atom is 0.338 e. The normalized spacial score (nSPS) is 23.4. The van der Waals surface area contributed by atoms with E-state index in [9.17, 15) is 4.79 Å². The number of anilines is 1. The van der Waals surface area contributed by atoms with Crippen LogP contribution in [0.15, 0.2) is 12.4 Å². The number of nitrogens with zero attached hydrogens (tertiary/aromatic N) is 3. The van der Waals surface area contributed by atoms with Crippen molar-refractivity contribution >= 4 is 11.9 Å². The molecule has 1 aliphatic heterocycles. The maximum atomic E-state index is 10.7. The highest BCUT2D eigenvalue weighted by molar-refractivity contribution is 5.86. The van der Waals surface area contributed by atoms with Gasteiger partial charge in [-0.1, -0.05) is 6.92 Å². The Morgan fingerprint density at radius 3 is 2.74 bits per heavy atom. The average Bonchev–Trinajstić information content (AvgIpc) is 2.41. The molecule has 2 rings (SSSR count). The molecule has 0 aliphatic carbocycles. The number of carboxylic acids is 1. The predicted molar refractivity (Wildman–Crippen MR) is 70.4 cm³/mol. The van der Waals surface area contributed by atoms with E-state index < -0.39 is 5.97 Å². The maximum absolute atomic E-state index is 10.7. The minimum atomic E-state index is -1.00. The van der Waals surface area contributed by atoms with Gasteiger partial charge in [0.25, 0.3) is 0 Å². The van der Waals surface area contributed by atoms with Crippen molar-refractivity contribution in [2.75, 3.05) is 24.6 Å². The summed E-state index contributed by atoms with van der Waals surface area (Å²) in [6, 6.07) is 0. The molecule has 1 aromatic heterocycles. The van der Waals surface area contributed by atoms with Crippen LogP contribution in [0.4, 0.5) is 5.95 Å². The summed E-state index contributed by atoms with van der Waals surface area (Å²) in [6.45, 7) is 6.56. The van der Waals surface area contributed by atoms with Crippen molar-refractivity contribution in [2.24, 2.45) is 5.92 Å². The molecule has 2 atom stereocenters. The number of carboxylic acid groups (broad SMARTS) is 1. The first-order valence-electron chi connectivity index (χ1n) is 6.53. The number of aromatic nitrogens is 2. The fourth-order valence-corrected chi connectivity index (χ4v) is 2.36. The largest absolute Gasteiger partial charge is 0.478 e. The van der Waals surface area contributed by atoms with Gasteiger partial charge in [-0.3, -0.25) is 0 Å². The first-order chi connectivity index (χ1) is 9.11. The lowest BCUT2D eigenvalue weighted by Gasteiger charge is -2.36. The van der Waals surface area contributed by atoms with Gasteiger partial charge in [0.1, 0.15) is 0 Å². The van der Waals surface area contributed by atoms with Gasteiger partial charge in [-0.25, -0.2) is 14.8 Å². The predicted octanol–water partition coefficient (Wildman–Crippen LogP) is 1.43. The number of carbonyl (C=O) groups is 1. The molecule has 1 N–H and O–H groups in total. The van der Waals surface area contributed by atoms with Crippen LogP contribution >= 0.6 is 0 Å². The molecule has 1 aromatic rings. The summed E-state index contributed by atoms with van der Waals surface area (Å²) < 4.78 is 5.68. The van der Waals surface area contributed by atoms with Crippen molar-refractivity contribution in [2.45, 2.75) is 26.4 Å². The molecule has 6 nitrogen and oxygen atoms in total. The summed E-state index contributed by atoms with van der Waals surface area (Å²) in [6.07, 6.45) is 3.94. The third kappa shape index (κ3) is 3.20. The monoisotopic (exact) mass is 265 g/mol. The molecular formula is C13H19N3O3. The lowest BCUT2D eigenvalue weighted by Crippen LogP contribution is -2.43. The molecule has 0 spiro atoms. The molecule has 0 bridgehead atoms. The van der Waals surface area contributed by atoms with E-state index in [2.05, 4.69) is 21.8 Å². The standard InChI is InChI=1S/C13H19N3O3/c1-3-19-11-4-5-16(8-9(11)2)13-14-6-10(7-15-13)12(17)18/h6-7,9,11H,3-5,8H2,1-2H3,(H,17,18). The molecule has 2 heterocycles. The average molecular weight is 265 g/mol. The molecule has 0 saturated carbocycles. The Bertz CT molecular complexity index is 435. The summed E-state index contributed by atoms with van der Waals surface area (Å²) in [7, 11) is 0. The summed E-state index contributed by atoms with van der Waals surface area (Å²) in [5.41, 5.74) is 0.112. The Morgan fingerprint density at radius 2 is 2.21 bits per heavy atom. The van der Waals surface area contributed by atoms with E-state index in [-0.39, 0.29) is 5.56 Å². The highest BCUT2D eigenvalue weighted by Crippen LogP contribution is 2.22. The van der Waals surface area contributed by atoms with E-state index in [1.807, 2.05) is 6.92 Å². The van der Waals surface area contributed by atoms with Gasteiger partial charge in [0.05, 0.1) is 11.7 Å². The fourth-order valence-electron chi connectivity index (χ4n) is 2.36. The Morgan fingerprint density at radius 1 is 1.53 bits per heavy atom. The van der Waals surface area contributed by atoms with Crippen molar-refractivity contribution in [3.63, 3.8) is 0 Å². The zero-order chi connectivity index (χ0) is 13.8. The molecule has 2 unspecified atom stereocenters. The van der Waals surface area contributed by atoms with E-state index in [0.29, 0.717) is 18.0 Å². The number of hydrogen-bond acceptors (Lipinski definition) is 5. The van der Waals surface area contributed by atoms with Crippen molar-refractivity contribution in [3.05, 3.63) is 18.0 Å². The number of rotatable bonds is 4. The van der Waals surface area contributed by atoms with Crippen LogP contribution in [0.5, 0.6) is 0 Å². The molecule has 6 heteroatoms. The molecule has 1 aliphatic rings. The second kappa shape index (κ2) is 5.97. The summed E-state index contributed by atoms with van der Waals surface area (Å²) in [4.78, 5) is 21.1. The third-order valence-electron chi connectivity index (χ3n) is 3.38. The Kier molecular flexibility index (Phi) is 4.31. The van der Waals surface area contributed by atoms with Crippen LogP contribution in [-0.2, 0) is 4.74 Å². The number of piperidine rings is 1. The molecule has 0 aromatic carbocycles. The van der Waals surface area contributed by atoms with Crippen molar-refractivity contribution in [1.29, 1.82) is 0 Å². The Labute approximate surface area is 112 Å². The van der Waals surface area contributed by atoms with E-state index in [1.165, 1.54) is 12.4 Å². The minimum absolute atomic E-state index is 0.112. The van der Waals surface area contributed by atoms with Crippen LogP contribution in [0.1, 0.15) is 30.6 Å². The second-order valence-electron chi connectivity index (χ2n) is 4.78. The fraction of sp³-hybridized carbons (Fsp3) is 0.615. The highest BCUT2D eigenvalue weighted by Gasteiger charge is 2.27. The number of ether oxygens (including phenoxy) is 1. The molecule has 1 saturated heterocycles. The van der Waals surface area contributed by atoms with Gasteiger partial charge in [-0.05, 0) is 19.3 Å². The van der Waals surface area contributed by atoms with Gasteiger partial charge < -0.3 is 14.7 Å². The zero-order valence-corrected chi connectivity index (χ0v) is 11.2. The summed E-state index contributed by atoms with van der Waals surface area (Å²) in [5, 5.41) is 8.81. The van der Waals surface area contributed by atoms with E-state index in [0.717, 1.165) is 26.1 Å². The van der Waals surface area contributed by atoms with Gasteiger partial charge >= 0.3 is 5.97 Å². The first kappa shape index (κ1) is 13.7. The highest BCUT2D eigenvalue weighted by atomic mass is 16.5. The summed E-state index contributed by atoms with van der Waals surface area (Å²) in [5.74, 6) is -0.00165. The van der Waals surface area contributed by atoms with E-state index in [4.69, 9.17) is 9.84 Å². The number of hydrogen-bond donors (Lipinski definition) is 1. The van der Waals surface area contributed by atoms with Gasteiger partial charge in [-0.2, -0.15) is 0 Å². The lowest BCUT2D eigenvalue weighted by atomic mass is 9.97. The lowest BCUT2D eigenvalue weighted by molar-refractivity contribution is 0.0133. The van der Waals surface area contributed by atoms with Crippen LogP contribution in [-0.4, -0.2) is 46.8 Å². The molecule has 0 amide bonds. The molecule has 1 fully saturated rings. The molecule has 0 radical (unpaired) electrons. The quantitative estimate of drug-likeness (QED) is 0.887. The Balaban J connectivity index is 2.01. The molecule has 104 valence electrons. The number of aromatic carboxylic acids is 1. The van der Waals surface area contributed by atoms with Crippen LogP contribution < -0.4 is 4.90 Å². The zero-order valence-electron chi connectivity index (χ0n) is 11.2. The van der Waals surface area contributed by atoms with E-state index >= 15 is 0 Å². The Hall–Kier alpha value is -1.69. The minimum Gasteiger partial charge on any atom is -0.478 e. The molecular weight excluding hydrogens is 246 g/mol. The van der Waals surface area contributed by atoms with Crippen molar-refractivity contribution in [3.8, 4) is 0 Å². The second-order valence-corrected chi connectivity index (χ2v) is 4.78. The molecule has 19 heavy (non-hydrogen) atoms. The smallest absolute Gasteiger partial charge is 0.338 e. The van der Waals surface area contributed by atoms with Crippen LogP contribution in [0.3, 0.4) is 0 Å². The van der Waals surface area contributed by atoms with E-state index in [1.54, 1.807) is 0 Å². The topological polar surface area (TPSA) is 75.5 Å². The third-order valence-corrected chi connectivity index (χ3v) is 3.38. The first-order valence-corrected chi connectivity index (χ1v) is 6.53. The van der Waals surface area contributed by atoms with Gasteiger partial charge in [0.15, 0.2) is 0 Å². The van der Waals surface area contributed by atoms with Crippen LogP contribution in [0, 0.1) is 5.92 Å². The van der Waals surface area contributed by atoms with Crippen molar-refractivity contribution in [1.82, 2.24) is 9.97 Å². The van der Waals surface area contributed by atoms with Crippen LogP contribution in [0.25, 0.3) is 0 Å². The van der Waals surface area contributed by atoms with Crippen molar-refractivity contribution < 1.29 is 14.6 Å². The summed E-state index contributed by atoms with van der Waals surface area (Å²) >= 11 is 0. The van der Waals surface area contributed by atoms with Gasteiger partial charge in [0, 0.05) is 32.1 Å². The van der Waals surface area contributed by atoms with Crippen LogP contribution in [0.2, 0.25) is 0 Å². The van der Waals surface area contributed by atoms with Gasteiger partial charge in [-0.15, -0.1) is 0 Å².